The standard InChI is InChI=1S/C19H18BrN5/c1-13-10-16(6-7-17(13)20)22-19-23-18(11-21-24-19)25-9-8-14-4-2-3-5-15(14)12-25/h2-7,10-11H,8-9,12H2,1H3,(H,22,23,24). The minimum absolute atomic E-state index is 0.512. The van der Waals surface area contributed by atoms with Gasteiger partial charge in [0.15, 0.2) is 5.82 Å². The van der Waals surface area contributed by atoms with Crippen molar-refractivity contribution in [3.63, 3.8) is 0 Å². The van der Waals surface area contributed by atoms with Crippen LogP contribution in [0.25, 0.3) is 0 Å². The zero-order valence-corrected chi connectivity index (χ0v) is 15.5. The molecule has 6 heteroatoms. The number of anilines is 3. The number of hydrogen-bond donors (Lipinski definition) is 1. The maximum atomic E-state index is 4.65. The van der Waals surface area contributed by atoms with E-state index >= 15 is 0 Å². The van der Waals surface area contributed by atoms with Crippen LogP contribution in [0.3, 0.4) is 0 Å². The number of aromatic nitrogens is 3. The lowest BCUT2D eigenvalue weighted by atomic mass is 10.0. The maximum Gasteiger partial charge on any atom is 0.249 e. The molecule has 2 heterocycles. The van der Waals surface area contributed by atoms with Crippen LogP contribution in [0.2, 0.25) is 0 Å². The third-order valence-electron chi connectivity index (χ3n) is 4.41. The number of halogens is 1. The minimum atomic E-state index is 0.512. The third-order valence-corrected chi connectivity index (χ3v) is 5.30. The Hall–Kier alpha value is -2.47. The molecule has 126 valence electrons. The Bertz CT molecular complexity index is 912. The van der Waals surface area contributed by atoms with E-state index in [4.69, 9.17) is 0 Å². The van der Waals surface area contributed by atoms with Gasteiger partial charge in [-0.2, -0.15) is 10.1 Å². The normalized spacial score (nSPS) is 13.4. The van der Waals surface area contributed by atoms with Gasteiger partial charge in [0.2, 0.25) is 5.95 Å². The zero-order chi connectivity index (χ0) is 17.2. The van der Waals surface area contributed by atoms with Gasteiger partial charge in [-0.05, 0) is 48.2 Å². The smallest absolute Gasteiger partial charge is 0.249 e. The summed E-state index contributed by atoms with van der Waals surface area (Å²) in [5, 5.41) is 11.5. The summed E-state index contributed by atoms with van der Waals surface area (Å²) in [6.07, 6.45) is 2.75. The van der Waals surface area contributed by atoms with Crippen LogP contribution in [0.1, 0.15) is 16.7 Å². The first kappa shape index (κ1) is 16.0. The van der Waals surface area contributed by atoms with Gasteiger partial charge in [-0.3, -0.25) is 0 Å². The molecule has 0 atom stereocenters. The van der Waals surface area contributed by atoms with Crippen molar-refractivity contribution in [3.8, 4) is 0 Å². The van der Waals surface area contributed by atoms with Crippen LogP contribution in [0.5, 0.6) is 0 Å². The van der Waals surface area contributed by atoms with Crippen molar-refractivity contribution in [2.75, 3.05) is 16.8 Å². The summed E-state index contributed by atoms with van der Waals surface area (Å²) in [6, 6.07) is 14.6. The third kappa shape index (κ3) is 3.49. The molecule has 5 nitrogen and oxygen atoms in total. The minimum Gasteiger partial charge on any atom is -0.350 e. The van der Waals surface area contributed by atoms with E-state index in [0.29, 0.717) is 5.95 Å². The van der Waals surface area contributed by atoms with E-state index in [-0.39, 0.29) is 0 Å². The molecule has 0 fully saturated rings. The van der Waals surface area contributed by atoms with Crippen molar-refractivity contribution in [2.45, 2.75) is 19.9 Å². The summed E-state index contributed by atoms with van der Waals surface area (Å²) in [6.45, 7) is 3.84. The highest BCUT2D eigenvalue weighted by Crippen LogP contribution is 2.24. The molecule has 0 aliphatic carbocycles. The van der Waals surface area contributed by atoms with Gasteiger partial charge in [0.05, 0.1) is 6.20 Å². The molecule has 2 aromatic carbocycles. The predicted molar refractivity (Wildman–Crippen MR) is 103 cm³/mol. The SMILES string of the molecule is Cc1cc(Nc2nncc(N3CCc4ccccc4C3)n2)ccc1Br. The van der Waals surface area contributed by atoms with Crippen LogP contribution in [0, 0.1) is 6.92 Å². The number of aryl methyl sites for hydroxylation is 1. The fourth-order valence-electron chi connectivity index (χ4n) is 3.04. The first-order valence-electron chi connectivity index (χ1n) is 8.24. The predicted octanol–water partition coefficient (Wildman–Crippen LogP) is 4.25. The van der Waals surface area contributed by atoms with E-state index in [1.165, 1.54) is 11.1 Å². The molecule has 0 amide bonds. The number of nitrogens with zero attached hydrogens (tertiary/aromatic N) is 4. The molecule has 0 bridgehead atoms. The van der Waals surface area contributed by atoms with Crippen LogP contribution in [-0.2, 0) is 13.0 Å². The molecule has 1 aromatic heterocycles. The molecule has 1 N–H and O–H groups in total. The summed E-state index contributed by atoms with van der Waals surface area (Å²) < 4.78 is 1.08. The molecule has 0 spiro atoms. The molecular weight excluding hydrogens is 378 g/mol. The second-order valence-electron chi connectivity index (χ2n) is 6.17. The van der Waals surface area contributed by atoms with Crippen molar-refractivity contribution in [1.82, 2.24) is 15.2 Å². The molecule has 3 aromatic rings. The maximum absolute atomic E-state index is 4.65. The highest BCUT2D eigenvalue weighted by atomic mass is 79.9. The average molecular weight is 396 g/mol. The number of rotatable bonds is 3. The summed E-state index contributed by atoms with van der Waals surface area (Å²) >= 11 is 3.51. The quantitative estimate of drug-likeness (QED) is 0.718. The highest BCUT2D eigenvalue weighted by molar-refractivity contribution is 9.10. The monoisotopic (exact) mass is 395 g/mol. The Morgan fingerprint density at radius 1 is 1.12 bits per heavy atom. The number of nitrogens with one attached hydrogen (secondary N) is 1. The van der Waals surface area contributed by atoms with Gasteiger partial charge in [0.25, 0.3) is 0 Å². The summed E-state index contributed by atoms with van der Waals surface area (Å²) in [4.78, 5) is 6.89. The lowest BCUT2D eigenvalue weighted by Crippen LogP contribution is -2.31. The second-order valence-corrected chi connectivity index (χ2v) is 7.02. The van der Waals surface area contributed by atoms with Crippen LogP contribution < -0.4 is 10.2 Å². The van der Waals surface area contributed by atoms with Crippen molar-refractivity contribution in [1.29, 1.82) is 0 Å². The summed E-state index contributed by atoms with van der Waals surface area (Å²) in [7, 11) is 0. The van der Waals surface area contributed by atoms with Crippen molar-refractivity contribution in [3.05, 3.63) is 69.8 Å². The lowest BCUT2D eigenvalue weighted by Gasteiger charge is -2.29. The largest absolute Gasteiger partial charge is 0.350 e. The first-order chi connectivity index (χ1) is 12.2. The van der Waals surface area contributed by atoms with Gasteiger partial charge in [0.1, 0.15) is 0 Å². The van der Waals surface area contributed by atoms with Crippen LogP contribution in [0.15, 0.2) is 53.1 Å². The fourth-order valence-corrected chi connectivity index (χ4v) is 3.29. The van der Waals surface area contributed by atoms with E-state index in [2.05, 4.69) is 78.6 Å². The Kier molecular flexibility index (Phi) is 4.36. The molecule has 0 saturated carbocycles. The lowest BCUT2D eigenvalue weighted by molar-refractivity contribution is 0.715. The molecule has 0 radical (unpaired) electrons. The van der Waals surface area contributed by atoms with Gasteiger partial charge in [0, 0.05) is 23.2 Å². The number of hydrogen-bond acceptors (Lipinski definition) is 5. The molecule has 4 rings (SSSR count). The zero-order valence-electron chi connectivity index (χ0n) is 13.9. The average Bonchev–Trinajstić information content (AvgIpc) is 2.65. The van der Waals surface area contributed by atoms with Crippen molar-refractivity contribution < 1.29 is 0 Å². The Balaban J connectivity index is 1.55. The Morgan fingerprint density at radius 3 is 2.80 bits per heavy atom. The Labute approximate surface area is 155 Å². The van der Waals surface area contributed by atoms with Gasteiger partial charge in [-0.25, -0.2) is 0 Å². The molecule has 25 heavy (non-hydrogen) atoms. The first-order valence-corrected chi connectivity index (χ1v) is 9.03. The van der Waals surface area contributed by atoms with Gasteiger partial charge in [-0.1, -0.05) is 40.2 Å². The van der Waals surface area contributed by atoms with Crippen molar-refractivity contribution in [2.24, 2.45) is 0 Å². The van der Waals surface area contributed by atoms with Crippen molar-refractivity contribution >= 4 is 33.4 Å². The van der Waals surface area contributed by atoms with E-state index in [0.717, 1.165) is 41.1 Å². The van der Waals surface area contributed by atoms with Crippen LogP contribution in [-0.4, -0.2) is 21.7 Å². The molecule has 1 aliphatic rings. The highest BCUT2D eigenvalue weighted by Gasteiger charge is 2.17. The van der Waals surface area contributed by atoms with Crippen LogP contribution in [0.4, 0.5) is 17.5 Å². The number of fused-ring (bicyclic) bond motifs is 1. The molecule has 1 aliphatic heterocycles. The van der Waals surface area contributed by atoms with E-state index in [1.54, 1.807) is 6.20 Å². The molecule has 0 unspecified atom stereocenters. The fraction of sp³-hybridized carbons (Fsp3) is 0.211. The van der Waals surface area contributed by atoms with Gasteiger partial charge >= 0.3 is 0 Å². The number of benzene rings is 2. The Morgan fingerprint density at radius 2 is 1.96 bits per heavy atom. The topological polar surface area (TPSA) is 53.9 Å². The van der Waals surface area contributed by atoms with E-state index in [1.807, 2.05) is 12.1 Å². The van der Waals surface area contributed by atoms with Gasteiger partial charge < -0.3 is 10.2 Å². The van der Waals surface area contributed by atoms with Gasteiger partial charge in [-0.15, -0.1) is 5.10 Å². The molecule has 0 saturated heterocycles. The summed E-state index contributed by atoms with van der Waals surface area (Å²) in [5.74, 6) is 1.36. The van der Waals surface area contributed by atoms with E-state index < -0.39 is 0 Å². The second kappa shape index (κ2) is 6.80. The van der Waals surface area contributed by atoms with Crippen LogP contribution >= 0.6 is 15.9 Å². The molecular formula is C19H18BrN5. The van der Waals surface area contributed by atoms with E-state index in [9.17, 15) is 0 Å². The summed E-state index contributed by atoms with van der Waals surface area (Å²) in [5.41, 5.74) is 4.88.